The number of carbonyl (C=O) groups excluding carboxylic acids is 1. The molecule has 1 saturated heterocycles. The number of methoxy groups -OCH3 is 2. The molecule has 0 spiro atoms. The highest BCUT2D eigenvalue weighted by atomic mass is 19.4. The van der Waals surface area contributed by atoms with Crippen LogP contribution >= 0.6 is 0 Å². The number of benzene rings is 1. The molecule has 1 aromatic carbocycles. The molecular formula is C26H27F3N4O5. The fourth-order valence-corrected chi connectivity index (χ4v) is 4.78. The summed E-state index contributed by atoms with van der Waals surface area (Å²) in [5, 5.41) is 4.61. The monoisotopic (exact) mass is 532 g/mol. The van der Waals surface area contributed by atoms with Crippen LogP contribution in [-0.4, -0.2) is 72.0 Å². The molecule has 1 aliphatic carbocycles. The zero-order valence-electron chi connectivity index (χ0n) is 20.8. The van der Waals surface area contributed by atoms with E-state index < -0.39 is 25.0 Å². The van der Waals surface area contributed by atoms with Crippen molar-refractivity contribution in [3.63, 3.8) is 0 Å². The third kappa shape index (κ3) is 5.54. The molecule has 4 atom stereocenters. The number of likely N-dealkylation sites (tertiary alicyclic amines) is 1. The second kappa shape index (κ2) is 10.5. The second-order valence-corrected chi connectivity index (χ2v) is 9.28. The molecule has 2 aromatic heterocycles. The van der Waals surface area contributed by atoms with Crippen molar-refractivity contribution in [2.45, 2.75) is 24.8 Å². The van der Waals surface area contributed by atoms with Crippen molar-refractivity contribution in [3.05, 3.63) is 66.1 Å². The quantitative estimate of drug-likeness (QED) is 0.408. The first kappa shape index (κ1) is 25.8. The Balaban J connectivity index is 1.12. The SMILES string of the molecule is COc1ccc(COC[C@@H](OC(=O)N2CC3[C@@H](C2)[C@H]3c2ccn(-c3ccc(OC)cn3)n2)C(F)(F)F)cc1. The molecule has 3 aromatic rings. The minimum absolute atomic E-state index is 0.0532. The number of hydrogen-bond donors (Lipinski definition) is 0. The highest BCUT2D eigenvalue weighted by Crippen LogP contribution is 2.57. The number of piperidine rings is 1. The molecule has 1 amide bonds. The van der Waals surface area contributed by atoms with E-state index in [9.17, 15) is 18.0 Å². The van der Waals surface area contributed by atoms with Crippen LogP contribution in [0, 0.1) is 11.8 Å². The third-order valence-electron chi connectivity index (χ3n) is 6.90. The van der Waals surface area contributed by atoms with Crippen molar-refractivity contribution >= 4 is 6.09 Å². The van der Waals surface area contributed by atoms with Crippen LogP contribution in [-0.2, 0) is 16.1 Å². The summed E-state index contributed by atoms with van der Waals surface area (Å²) in [7, 11) is 3.08. The van der Waals surface area contributed by atoms with Gasteiger partial charge in [-0.15, -0.1) is 0 Å². The van der Waals surface area contributed by atoms with Crippen LogP contribution in [0.15, 0.2) is 54.9 Å². The summed E-state index contributed by atoms with van der Waals surface area (Å²) in [6, 6.07) is 12.2. The Bertz CT molecular complexity index is 1240. The first-order chi connectivity index (χ1) is 18.3. The Labute approximate surface area is 217 Å². The molecule has 1 unspecified atom stereocenters. The van der Waals surface area contributed by atoms with Gasteiger partial charge in [-0.2, -0.15) is 18.3 Å². The number of halogens is 3. The van der Waals surface area contributed by atoms with E-state index in [4.69, 9.17) is 18.9 Å². The molecule has 9 nitrogen and oxygen atoms in total. The molecule has 202 valence electrons. The maximum absolute atomic E-state index is 13.5. The Hall–Kier alpha value is -3.80. The zero-order valence-corrected chi connectivity index (χ0v) is 20.8. The fourth-order valence-electron chi connectivity index (χ4n) is 4.78. The predicted octanol–water partition coefficient (Wildman–Crippen LogP) is 4.21. The van der Waals surface area contributed by atoms with Gasteiger partial charge in [0.1, 0.15) is 11.5 Å². The van der Waals surface area contributed by atoms with Crippen LogP contribution in [0.4, 0.5) is 18.0 Å². The van der Waals surface area contributed by atoms with E-state index in [-0.39, 0.29) is 24.4 Å². The molecular weight excluding hydrogens is 505 g/mol. The summed E-state index contributed by atoms with van der Waals surface area (Å²) in [4.78, 5) is 18.2. The van der Waals surface area contributed by atoms with Crippen LogP contribution in [0.2, 0.25) is 0 Å². The summed E-state index contributed by atoms with van der Waals surface area (Å²) in [5.41, 5.74) is 1.54. The van der Waals surface area contributed by atoms with E-state index in [0.717, 1.165) is 5.69 Å². The Kier molecular flexibility index (Phi) is 7.15. The van der Waals surface area contributed by atoms with Gasteiger partial charge in [0, 0.05) is 25.2 Å². The van der Waals surface area contributed by atoms with Gasteiger partial charge in [0.05, 0.1) is 39.3 Å². The number of fused-ring (bicyclic) bond motifs is 1. The standard InChI is InChI=1S/C26H27F3N4O5/c1-35-17-5-3-16(4-6-17)14-37-15-22(26(27,28)29)38-25(34)32-12-19-20(13-32)24(19)21-9-10-33(31-21)23-8-7-18(36-2)11-30-23/h3-11,19-20,22,24H,12-15H2,1-2H3/t19-,20?,22-,24-/m1/s1. The highest BCUT2D eigenvalue weighted by Gasteiger charge is 2.59. The van der Waals surface area contributed by atoms with E-state index >= 15 is 0 Å². The Morgan fingerprint density at radius 1 is 1.03 bits per heavy atom. The summed E-state index contributed by atoms with van der Waals surface area (Å²) in [5.74, 6) is 2.31. The van der Waals surface area contributed by atoms with Crippen LogP contribution in [0.1, 0.15) is 17.2 Å². The normalized spacial score (nSPS) is 21.1. The molecule has 38 heavy (non-hydrogen) atoms. The number of ether oxygens (including phenoxy) is 4. The van der Waals surface area contributed by atoms with Crippen LogP contribution < -0.4 is 9.47 Å². The van der Waals surface area contributed by atoms with Gasteiger partial charge < -0.3 is 23.8 Å². The number of amides is 1. The number of rotatable bonds is 9. The molecule has 2 fully saturated rings. The van der Waals surface area contributed by atoms with Crippen molar-refractivity contribution < 1.29 is 36.9 Å². The lowest BCUT2D eigenvalue weighted by atomic mass is 10.2. The Morgan fingerprint density at radius 3 is 2.32 bits per heavy atom. The molecule has 1 aliphatic heterocycles. The van der Waals surface area contributed by atoms with Gasteiger partial charge >= 0.3 is 12.3 Å². The lowest BCUT2D eigenvalue weighted by molar-refractivity contribution is -0.219. The number of carbonyl (C=O) groups is 1. The van der Waals surface area contributed by atoms with Gasteiger partial charge in [0.15, 0.2) is 5.82 Å². The summed E-state index contributed by atoms with van der Waals surface area (Å²) < 4.78 is 62.5. The average molecular weight is 533 g/mol. The van der Waals surface area contributed by atoms with E-state index in [0.29, 0.717) is 36.0 Å². The predicted molar refractivity (Wildman–Crippen MR) is 128 cm³/mol. The zero-order chi connectivity index (χ0) is 26.9. The molecule has 0 radical (unpaired) electrons. The van der Waals surface area contributed by atoms with Crippen molar-refractivity contribution in [2.75, 3.05) is 33.9 Å². The van der Waals surface area contributed by atoms with Crippen molar-refractivity contribution in [3.8, 4) is 17.3 Å². The maximum atomic E-state index is 13.5. The first-order valence-corrected chi connectivity index (χ1v) is 12.1. The minimum atomic E-state index is -4.75. The lowest BCUT2D eigenvalue weighted by Crippen LogP contribution is -2.42. The van der Waals surface area contributed by atoms with Crippen LogP contribution in [0.5, 0.6) is 11.5 Å². The summed E-state index contributed by atoms with van der Waals surface area (Å²) >= 11 is 0. The summed E-state index contributed by atoms with van der Waals surface area (Å²) in [6.07, 6.45) is -4.68. The number of alkyl halides is 3. The number of aromatic nitrogens is 3. The topological polar surface area (TPSA) is 87.9 Å². The van der Waals surface area contributed by atoms with Crippen LogP contribution in [0.25, 0.3) is 5.82 Å². The van der Waals surface area contributed by atoms with E-state index in [1.807, 2.05) is 12.3 Å². The number of nitrogens with zero attached hydrogens (tertiary/aromatic N) is 4. The average Bonchev–Trinajstić information content (AvgIpc) is 3.26. The number of pyridine rings is 1. The van der Waals surface area contributed by atoms with Gasteiger partial charge in [-0.1, -0.05) is 12.1 Å². The minimum Gasteiger partial charge on any atom is -0.497 e. The van der Waals surface area contributed by atoms with E-state index in [1.54, 1.807) is 54.4 Å². The van der Waals surface area contributed by atoms with E-state index in [1.165, 1.54) is 12.0 Å². The summed E-state index contributed by atoms with van der Waals surface area (Å²) in [6.45, 7) is -0.206. The highest BCUT2D eigenvalue weighted by molar-refractivity contribution is 5.69. The maximum Gasteiger partial charge on any atom is 0.427 e. The smallest absolute Gasteiger partial charge is 0.427 e. The van der Waals surface area contributed by atoms with Gasteiger partial charge in [0.2, 0.25) is 6.10 Å². The lowest BCUT2D eigenvalue weighted by Gasteiger charge is -2.25. The van der Waals surface area contributed by atoms with Gasteiger partial charge in [-0.05, 0) is 47.7 Å². The molecule has 0 bridgehead atoms. The molecule has 12 heteroatoms. The second-order valence-electron chi connectivity index (χ2n) is 9.28. The molecule has 5 rings (SSSR count). The first-order valence-electron chi connectivity index (χ1n) is 12.1. The Morgan fingerprint density at radius 2 is 1.71 bits per heavy atom. The van der Waals surface area contributed by atoms with Crippen LogP contribution in [0.3, 0.4) is 0 Å². The molecule has 1 saturated carbocycles. The van der Waals surface area contributed by atoms with Gasteiger partial charge in [0.25, 0.3) is 0 Å². The molecule has 2 aliphatic rings. The van der Waals surface area contributed by atoms with Crippen molar-refractivity contribution in [1.82, 2.24) is 19.7 Å². The van der Waals surface area contributed by atoms with Crippen molar-refractivity contribution in [2.24, 2.45) is 11.8 Å². The largest absolute Gasteiger partial charge is 0.497 e. The third-order valence-corrected chi connectivity index (χ3v) is 6.90. The van der Waals surface area contributed by atoms with E-state index in [2.05, 4.69) is 10.1 Å². The molecule has 0 N–H and O–H groups in total. The molecule has 3 heterocycles. The number of hydrogen-bond acceptors (Lipinski definition) is 7. The fraction of sp³-hybridized carbons (Fsp3) is 0.423. The van der Waals surface area contributed by atoms with Gasteiger partial charge in [-0.3, -0.25) is 0 Å². The van der Waals surface area contributed by atoms with Gasteiger partial charge in [-0.25, -0.2) is 14.5 Å². The van der Waals surface area contributed by atoms with Crippen molar-refractivity contribution in [1.29, 1.82) is 0 Å².